The quantitative estimate of drug-likeness (QED) is 0.569. The maximum Gasteiger partial charge on any atom is 0.237 e. The Kier molecular flexibility index (Phi) is 3.85. The van der Waals surface area contributed by atoms with Crippen molar-refractivity contribution in [3.8, 4) is 12.1 Å². The van der Waals surface area contributed by atoms with Crippen molar-refractivity contribution >= 4 is 21.5 Å². The van der Waals surface area contributed by atoms with Crippen molar-refractivity contribution in [2.75, 3.05) is 0 Å². The van der Waals surface area contributed by atoms with E-state index in [-0.39, 0.29) is 17.0 Å². The maximum absolute atomic E-state index is 9.02. The Morgan fingerprint density at radius 2 is 1.81 bits per heavy atom. The standard InChI is InChI=1S/C16H10BrN3O/c1-16(2)13(10-4-6-12(17)7-5-10)14(20-3)15(21-16)11(8-18)9-19/h4-7H,1-2H3. The molecular formula is C16H10BrN3O. The number of nitrogens with zero attached hydrogens (tertiary/aromatic N) is 3. The van der Waals surface area contributed by atoms with Gasteiger partial charge in [-0.1, -0.05) is 28.1 Å². The molecule has 0 bridgehead atoms. The van der Waals surface area contributed by atoms with Gasteiger partial charge in [-0.05, 0) is 31.5 Å². The molecule has 5 heteroatoms. The highest BCUT2D eigenvalue weighted by Gasteiger charge is 2.40. The van der Waals surface area contributed by atoms with E-state index < -0.39 is 5.60 Å². The summed E-state index contributed by atoms with van der Waals surface area (Å²) in [6, 6.07) is 11.1. The number of nitriles is 2. The van der Waals surface area contributed by atoms with Crippen LogP contribution in [0.15, 0.2) is 45.8 Å². The molecule has 21 heavy (non-hydrogen) atoms. The van der Waals surface area contributed by atoms with Crippen LogP contribution in [-0.2, 0) is 4.74 Å². The monoisotopic (exact) mass is 339 g/mol. The average Bonchev–Trinajstić information content (AvgIpc) is 2.72. The number of benzene rings is 1. The third-order valence-corrected chi connectivity index (χ3v) is 3.64. The van der Waals surface area contributed by atoms with Crippen molar-refractivity contribution in [1.82, 2.24) is 0 Å². The highest BCUT2D eigenvalue weighted by molar-refractivity contribution is 9.10. The van der Waals surface area contributed by atoms with E-state index in [9.17, 15) is 0 Å². The number of hydrogen-bond acceptors (Lipinski definition) is 3. The molecule has 0 saturated heterocycles. The molecular weight excluding hydrogens is 330 g/mol. The molecule has 4 nitrogen and oxygen atoms in total. The van der Waals surface area contributed by atoms with E-state index in [1.807, 2.05) is 38.1 Å². The van der Waals surface area contributed by atoms with E-state index in [2.05, 4.69) is 20.8 Å². The van der Waals surface area contributed by atoms with Crippen LogP contribution >= 0.6 is 15.9 Å². The second kappa shape index (κ2) is 5.44. The molecule has 0 amide bonds. The fourth-order valence-electron chi connectivity index (χ4n) is 2.26. The molecule has 0 fully saturated rings. The van der Waals surface area contributed by atoms with Gasteiger partial charge in [-0.2, -0.15) is 10.5 Å². The second-order valence-electron chi connectivity index (χ2n) is 4.88. The minimum atomic E-state index is -0.776. The Labute approximate surface area is 131 Å². The van der Waals surface area contributed by atoms with Gasteiger partial charge >= 0.3 is 0 Å². The summed E-state index contributed by atoms with van der Waals surface area (Å²) in [4.78, 5) is 3.49. The maximum atomic E-state index is 9.02. The molecule has 0 atom stereocenters. The molecule has 1 heterocycles. The summed E-state index contributed by atoms with van der Waals surface area (Å²) in [7, 11) is 0. The smallest absolute Gasteiger partial charge is 0.237 e. The first-order chi connectivity index (χ1) is 9.94. The van der Waals surface area contributed by atoms with E-state index in [0.29, 0.717) is 5.57 Å². The molecule has 0 unspecified atom stereocenters. The molecule has 0 aliphatic carbocycles. The van der Waals surface area contributed by atoms with Gasteiger partial charge in [0.1, 0.15) is 17.7 Å². The first kappa shape index (κ1) is 14.9. The molecule has 0 spiro atoms. The Hall–Kier alpha value is -2.55. The first-order valence-electron chi connectivity index (χ1n) is 6.06. The lowest BCUT2D eigenvalue weighted by Gasteiger charge is -2.23. The lowest BCUT2D eigenvalue weighted by atomic mass is 9.91. The van der Waals surface area contributed by atoms with Gasteiger partial charge in [-0.3, -0.25) is 0 Å². The summed E-state index contributed by atoms with van der Waals surface area (Å²) in [5.74, 6) is 0.0675. The minimum absolute atomic E-state index is 0.0675. The van der Waals surface area contributed by atoms with E-state index >= 15 is 0 Å². The van der Waals surface area contributed by atoms with E-state index in [0.717, 1.165) is 10.0 Å². The second-order valence-corrected chi connectivity index (χ2v) is 5.80. The third kappa shape index (κ3) is 2.55. The van der Waals surface area contributed by atoms with Crippen LogP contribution in [0.2, 0.25) is 0 Å². The Morgan fingerprint density at radius 3 is 2.29 bits per heavy atom. The third-order valence-electron chi connectivity index (χ3n) is 3.11. The number of halogens is 1. The zero-order chi connectivity index (χ0) is 15.6. The molecule has 0 aromatic heterocycles. The molecule has 1 aromatic carbocycles. The molecule has 1 aromatic rings. The minimum Gasteiger partial charge on any atom is -0.493 e. The van der Waals surface area contributed by atoms with Crippen LogP contribution in [-0.4, -0.2) is 5.60 Å². The molecule has 0 saturated carbocycles. The number of allylic oxidation sites excluding steroid dienone is 1. The average molecular weight is 340 g/mol. The van der Waals surface area contributed by atoms with Crippen molar-refractivity contribution < 1.29 is 4.74 Å². The van der Waals surface area contributed by atoms with Gasteiger partial charge in [-0.15, -0.1) is 0 Å². The summed E-state index contributed by atoms with van der Waals surface area (Å²) in [5, 5.41) is 18.0. The largest absolute Gasteiger partial charge is 0.493 e. The van der Waals surface area contributed by atoms with Crippen LogP contribution in [0.25, 0.3) is 10.4 Å². The molecule has 102 valence electrons. The van der Waals surface area contributed by atoms with Crippen molar-refractivity contribution in [1.29, 1.82) is 10.5 Å². The summed E-state index contributed by atoms with van der Waals surface area (Å²) < 4.78 is 6.66. The van der Waals surface area contributed by atoms with Gasteiger partial charge in [0.2, 0.25) is 5.70 Å². The van der Waals surface area contributed by atoms with Crippen molar-refractivity contribution in [3.05, 3.63) is 62.7 Å². The van der Waals surface area contributed by atoms with Crippen molar-refractivity contribution in [2.24, 2.45) is 0 Å². The van der Waals surface area contributed by atoms with Gasteiger partial charge < -0.3 is 4.74 Å². The highest BCUT2D eigenvalue weighted by atomic mass is 79.9. The van der Waals surface area contributed by atoms with Crippen LogP contribution in [0, 0.1) is 29.2 Å². The summed E-state index contributed by atoms with van der Waals surface area (Å²) in [6.07, 6.45) is 0. The molecule has 1 aliphatic rings. The van der Waals surface area contributed by atoms with Crippen LogP contribution < -0.4 is 0 Å². The fraction of sp³-hybridized carbons (Fsp3) is 0.188. The zero-order valence-electron chi connectivity index (χ0n) is 11.4. The van der Waals surface area contributed by atoms with E-state index in [1.54, 1.807) is 12.1 Å². The fourth-order valence-corrected chi connectivity index (χ4v) is 2.52. The molecule has 2 rings (SSSR count). The van der Waals surface area contributed by atoms with Gasteiger partial charge in [0.05, 0.1) is 6.57 Å². The summed E-state index contributed by atoms with van der Waals surface area (Å²) >= 11 is 3.37. The predicted octanol–water partition coefficient (Wildman–Crippen LogP) is 4.19. The topological polar surface area (TPSA) is 61.2 Å². The molecule has 1 aliphatic heterocycles. The number of hydrogen-bond donors (Lipinski definition) is 0. The van der Waals surface area contributed by atoms with E-state index in [4.69, 9.17) is 21.8 Å². The van der Waals surface area contributed by atoms with Crippen LogP contribution in [0.5, 0.6) is 0 Å². The van der Waals surface area contributed by atoms with Gasteiger partial charge in [-0.25, -0.2) is 4.85 Å². The summed E-state index contributed by atoms with van der Waals surface area (Å²) in [5.41, 5.74) is 0.783. The molecule has 0 radical (unpaired) electrons. The van der Waals surface area contributed by atoms with Crippen LogP contribution in [0.3, 0.4) is 0 Å². The number of rotatable bonds is 1. The van der Waals surface area contributed by atoms with Crippen LogP contribution in [0.4, 0.5) is 0 Å². The van der Waals surface area contributed by atoms with Crippen molar-refractivity contribution in [3.63, 3.8) is 0 Å². The Balaban J connectivity index is 2.76. The Bertz CT molecular complexity index is 765. The highest BCUT2D eigenvalue weighted by Crippen LogP contribution is 2.45. The normalized spacial score (nSPS) is 15.7. The SMILES string of the molecule is [C-]#[N+]C1=C(c2ccc(Br)cc2)C(C)(C)OC1=C(C#N)C#N. The lowest BCUT2D eigenvalue weighted by molar-refractivity contribution is 0.109. The van der Waals surface area contributed by atoms with Gasteiger partial charge in [0, 0.05) is 10.0 Å². The van der Waals surface area contributed by atoms with Gasteiger partial charge in [0.25, 0.3) is 0 Å². The van der Waals surface area contributed by atoms with E-state index in [1.165, 1.54) is 0 Å². The summed E-state index contributed by atoms with van der Waals surface area (Å²) in [6.45, 7) is 11.0. The zero-order valence-corrected chi connectivity index (χ0v) is 13.0. The number of ether oxygens (including phenoxy) is 1. The Morgan fingerprint density at radius 1 is 1.24 bits per heavy atom. The predicted molar refractivity (Wildman–Crippen MR) is 81.1 cm³/mol. The van der Waals surface area contributed by atoms with Crippen LogP contribution in [0.1, 0.15) is 19.4 Å². The molecule has 0 N–H and O–H groups in total. The van der Waals surface area contributed by atoms with Gasteiger partial charge in [0.15, 0.2) is 11.3 Å². The van der Waals surface area contributed by atoms with Crippen molar-refractivity contribution in [2.45, 2.75) is 19.4 Å². The lowest BCUT2D eigenvalue weighted by Crippen LogP contribution is -2.20. The first-order valence-corrected chi connectivity index (χ1v) is 6.86.